The maximum absolute atomic E-state index is 11.9. The highest BCUT2D eigenvalue weighted by atomic mass is 16.1. The molecule has 0 aliphatic rings. The Balaban J connectivity index is 1.84. The van der Waals surface area contributed by atoms with Gasteiger partial charge in [0.1, 0.15) is 0 Å². The molecular formula is C18H22N2O. The Morgan fingerprint density at radius 2 is 1.57 bits per heavy atom. The van der Waals surface area contributed by atoms with Gasteiger partial charge in [-0.1, -0.05) is 35.9 Å². The van der Waals surface area contributed by atoms with Crippen molar-refractivity contribution in [3.05, 3.63) is 64.7 Å². The smallest absolute Gasteiger partial charge is 0.251 e. The third kappa shape index (κ3) is 4.09. The number of hydrogen-bond donors (Lipinski definition) is 2. The third-order valence-corrected chi connectivity index (χ3v) is 3.43. The summed E-state index contributed by atoms with van der Waals surface area (Å²) in [6.45, 7) is 7.61. The van der Waals surface area contributed by atoms with Crippen LogP contribution in [-0.2, 0) is 0 Å². The quantitative estimate of drug-likeness (QED) is 0.825. The summed E-state index contributed by atoms with van der Waals surface area (Å²) >= 11 is 0. The van der Waals surface area contributed by atoms with Gasteiger partial charge in [0.15, 0.2) is 0 Å². The van der Waals surface area contributed by atoms with Gasteiger partial charge in [0.25, 0.3) is 5.91 Å². The van der Waals surface area contributed by atoms with Crippen molar-refractivity contribution in [2.75, 3.05) is 18.4 Å². The van der Waals surface area contributed by atoms with E-state index < -0.39 is 0 Å². The Morgan fingerprint density at radius 3 is 2.19 bits per heavy atom. The van der Waals surface area contributed by atoms with Crippen molar-refractivity contribution in [1.29, 1.82) is 0 Å². The summed E-state index contributed by atoms with van der Waals surface area (Å²) in [6, 6.07) is 13.6. The van der Waals surface area contributed by atoms with E-state index in [9.17, 15) is 4.79 Å². The largest absolute Gasteiger partial charge is 0.383 e. The molecule has 2 N–H and O–H groups in total. The van der Waals surface area contributed by atoms with Crippen LogP contribution in [0.2, 0.25) is 0 Å². The fraction of sp³-hybridized carbons (Fsp3) is 0.278. The van der Waals surface area contributed by atoms with Gasteiger partial charge < -0.3 is 10.6 Å². The first kappa shape index (κ1) is 15.1. The molecular weight excluding hydrogens is 260 g/mol. The van der Waals surface area contributed by atoms with E-state index in [4.69, 9.17) is 0 Å². The van der Waals surface area contributed by atoms with Crippen LogP contribution in [0.3, 0.4) is 0 Å². The monoisotopic (exact) mass is 282 g/mol. The van der Waals surface area contributed by atoms with Crippen LogP contribution in [0.25, 0.3) is 0 Å². The summed E-state index contributed by atoms with van der Waals surface area (Å²) in [5.74, 6) is -0.0326. The lowest BCUT2D eigenvalue weighted by molar-refractivity contribution is 0.0955. The van der Waals surface area contributed by atoms with Gasteiger partial charge in [-0.15, -0.1) is 0 Å². The molecule has 3 heteroatoms. The van der Waals surface area contributed by atoms with Crippen LogP contribution >= 0.6 is 0 Å². The second kappa shape index (κ2) is 6.93. The summed E-state index contributed by atoms with van der Waals surface area (Å²) in [5, 5.41) is 6.32. The van der Waals surface area contributed by atoms with Crippen LogP contribution in [0.5, 0.6) is 0 Å². The Bertz CT molecular complexity index is 597. The summed E-state index contributed by atoms with van der Waals surface area (Å²) in [7, 11) is 0. The topological polar surface area (TPSA) is 41.1 Å². The molecule has 2 aromatic carbocycles. The van der Waals surface area contributed by atoms with Crippen molar-refractivity contribution < 1.29 is 4.79 Å². The van der Waals surface area contributed by atoms with Crippen molar-refractivity contribution in [2.45, 2.75) is 20.8 Å². The molecule has 1 amide bonds. The number of nitrogens with one attached hydrogen (secondary N) is 2. The molecule has 0 unspecified atom stereocenters. The van der Waals surface area contributed by atoms with Gasteiger partial charge in [0.2, 0.25) is 0 Å². The number of benzene rings is 2. The van der Waals surface area contributed by atoms with E-state index in [0.717, 1.165) is 5.69 Å². The van der Waals surface area contributed by atoms with Gasteiger partial charge in [0, 0.05) is 24.3 Å². The molecule has 0 aliphatic carbocycles. The predicted molar refractivity (Wildman–Crippen MR) is 87.9 cm³/mol. The molecule has 3 nitrogen and oxygen atoms in total. The van der Waals surface area contributed by atoms with Gasteiger partial charge >= 0.3 is 0 Å². The normalized spacial score (nSPS) is 10.2. The summed E-state index contributed by atoms with van der Waals surface area (Å²) in [4.78, 5) is 11.9. The second-order valence-corrected chi connectivity index (χ2v) is 5.32. The van der Waals surface area contributed by atoms with Gasteiger partial charge in [0.05, 0.1) is 0 Å². The molecule has 0 radical (unpaired) electrons. The SMILES string of the molecule is Cc1cc(C)c(NCCNC(=O)c2ccccc2)c(C)c1. The lowest BCUT2D eigenvalue weighted by Crippen LogP contribution is -2.28. The molecule has 0 saturated heterocycles. The second-order valence-electron chi connectivity index (χ2n) is 5.32. The average molecular weight is 282 g/mol. The number of rotatable bonds is 5. The molecule has 0 fully saturated rings. The van der Waals surface area contributed by atoms with E-state index in [0.29, 0.717) is 18.7 Å². The molecule has 0 atom stereocenters. The molecule has 0 heterocycles. The Kier molecular flexibility index (Phi) is 4.99. The molecule has 0 spiro atoms. The predicted octanol–water partition coefficient (Wildman–Crippen LogP) is 3.45. The summed E-state index contributed by atoms with van der Waals surface area (Å²) in [5.41, 5.74) is 5.60. The van der Waals surface area contributed by atoms with Crippen LogP contribution in [0.4, 0.5) is 5.69 Å². The Labute approximate surface area is 126 Å². The highest BCUT2D eigenvalue weighted by Gasteiger charge is 2.05. The minimum absolute atomic E-state index is 0.0326. The van der Waals surface area contributed by atoms with Crippen LogP contribution < -0.4 is 10.6 Å². The zero-order valence-corrected chi connectivity index (χ0v) is 12.9. The maximum Gasteiger partial charge on any atom is 0.251 e. The summed E-state index contributed by atoms with van der Waals surface area (Å²) < 4.78 is 0. The fourth-order valence-corrected chi connectivity index (χ4v) is 2.51. The van der Waals surface area contributed by atoms with Crippen molar-refractivity contribution in [2.24, 2.45) is 0 Å². The van der Waals surface area contributed by atoms with Gasteiger partial charge in [-0.2, -0.15) is 0 Å². The number of anilines is 1. The molecule has 0 aromatic heterocycles. The first-order valence-corrected chi connectivity index (χ1v) is 7.23. The number of amides is 1. The Hall–Kier alpha value is -2.29. The van der Waals surface area contributed by atoms with E-state index in [1.165, 1.54) is 16.7 Å². The zero-order chi connectivity index (χ0) is 15.2. The van der Waals surface area contributed by atoms with Crippen LogP contribution in [-0.4, -0.2) is 19.0 Å². The van der Waals surface area contributed by atoms with Crippen molar-refractivity contribution in [1.82, 2.24) is 5.32 Å². The van der Waals surface area contributed by atoms with E-state index >= 15 is 0 Å². The number of carbonyl (C=O) groups is 1. The van der Waals surface area contributed by atoms with Crippen LogP contribution in [0.15, 0.2) is 42.5 Å². The number of carbonyl (C=O) groups excluding carboxylic acids is 1. The van der Waals surface area contributed by atoms with Gasteiger partial charge in [-0.25, -0.2) is 0 Å². The minimum Gasteiger partial charge on any atom is -0.383 e. The minimum atomic E-state index is -0.0326. The van der Waals surface area contributed by atoms with Crippen molar-refractivity contribution in [3.8, 4) is 0 Å². The Morgan fingerprint density at radius 1 is 0.952 bits per heavy atom. The van der Waals surface area contributed by atoms with E-state index in [1.54, 1.807) is 0 Å². The summed E-state index contributed by atoms with van der Waals surface area (Å²) in [6.07, 6.45) is 0. The van der Waals surface area contributed by atoms with Gasteiger partial charge in [-0.05, 0) is 44.0 Å². The number of aryl methyl sites for hydroxylation is 3. The third-order valence-electron chi connectivity index (χ3n) is 3.43. The van der Waals surface area contributed by atoms with Crippen molar-refractivity contribution >= 4 is 11.6 Å². The van der Waals surface area contributed by atoms with E-state index in [-0.39, 0.29) is 5.91 Å². The molecule has 21 heavy (non-hydrogen) atoms. The maximum atomic E-state index is 11.9. The highest BCUT2D eigenvalue weighted by Crippen LogP contribution is 2.21. The first-order chi connectivity index (χ1) is 10.1. The molecule has 110 valence electrons. The lowest BCUT2D eigenvalue weighted by Gasteiger charge is -2.14. The van der Waals surface area contributed by atoms with Gasteiger partial charge in [-0.3, -0.25) is 4.79 Å². The van der Waals surface area contributed by atoms with Crippen LogP contribution in [0.1, 0.15) is 27.0 Å². The average Bonchev–Trinajstić information content (AvgIpc) is 2.46. The molecule has 2 rings (SSSR count). The highest BCUT2D eigenvalue weighted by molar-refractivity contribution is 5.94. The number of hydrogen-bond acceptors (Lipinski definition) is 2. The molecule has 0 aliphatic heterocycles. The first-order valence-electron chi connectivity index (χ1n) is 7.23. The zero-order valence-electron chi connectivity index (χ0n) is 12.9. The lowest BCUT2D eigenvalue weighted by atomic mass is 10.1. The van der Waals surface area contributed by atoms with Crippen LogP contribution in [0, 0.1) is 20.8 Å². The molecule has 2 aromatic rings. The fourth-order valence-electron chi connectivity index (χ4n) is 2.51. The molecule has 0 saturated carbocycles. The van der Waals surface area contributed by atoms with E-state index in [2.05, 4.69) is 43.5 Å². The standard InChI is InChI=1S/C18H22N2O/c1-13-11-14(2)17(15(3)12-13)19-9-10-20-18(21)16-7-5-4-6-8-16/h4-8,11-12,19H,9-10H2,1-3H3,(H,20,21). The van der Waals surface area contributed by atoms with Crippen molar-refractivity contribution in [3.63, 3.8) is 0 Å². The molecule has 0 bridgehead atoms. The van der Waals surface area contributed by atoms with E-state index in [1.807, 2.05) is 30.3 Å².